The van der Waals surface area contributed by atoms with E-state index in [0.29, 0.717) is 12.1 Å². The van der Waals surface area contributed by atoms with Crippen LogP contribution in [-0.2, 0) is 6.42 Å². The summed E-state index contributed by atoms with van der Waals surface area (Å²) in [4.78, 5) is 2.40. The summed E-state index contributed by atoms with van der Waals surface area (Å²) >= 11 is 8.08. The first kappa shape index (κ1) is 16.1. The molecule has 0 saturated carbocycles. The molecule has 0 aliphatic carbocycles. The Bertz CT molecular complexity index is 444. The van der Waals surface area contributed by atoms with Gasteiger partial charge in [-0.15, -0.1) is 0 Å². The molecule has 0 radical (unpaired) electrons. The molecule has 0 spiro atoms. The Morgan fingerprint density at radius 2 is 2.35 bits per heavy atom. The van der Waals surface area contributed by atoms with Crippen LogP contribution >= 0.6 is 23.4 Å². The molecule has 0 aromatic heterocycles. The van der Waals surface area contributed by atoms with Gasteiger partial charge in [0.25, 0.3) is 0 Å². The number of benzene rings is 1. The van der Waals surface area contributed by atoms with E-state index in [1.807, 2.05) is 17.8 Å². The number of nitrogens with one attached hydrogen (secondary N) is 1. The molecule has 2 unspecified atom stereocenters. The van der Waals surface area contributed by atoms with E-state index in [0.717, 1.165) is 30.8 Å². The van der Waals surface area contributed by atoms with E-state index in [1.54, 1.807) is 6.07 Å². The monoisotopic (exact) mass is 316 g/mol. The standard InChI is InChI=1S/C15H22ClFN2S/c1-3-18-13(14-10-20-8-7-19(14)2)9-11-5-4-6-12(17)15(11)16/h4-6,13-14,18H,3,7-10H2,1-2H3. The van der Waals surface area contributed by atoms with Gasteiger partial charge in [0.2, 0.25) is 0 Å². The van der Waals surface area contributed by atoms with Gasteiger partial charge in [0, 0.05) is 30.1 Å². The van der Waals surface area contributed by atoms with Gasteiger partial charge in [0.1, 0.15) is 5.82 Å². The number of thioether (sulfide) groups is 1. The summed E-state index contributed by atoms with van der Waals surface area (Å²) in [5.74, 6) is 1.97. The lowest BCUT2D eigenvalue weighted by Gasteiger charge is -2.38. The molecule has 20 heavy (non-hydrogen) atoms. The zero-order valence-corrected chi connectivity index (χ0v) is 13.6. The van der Waals surface area contributed by atoms with E-state index in [-0.39, 0.29) is 10.8 Å². The van der Waals surface area contributed by atoms with E-state index in [9.17, 15) is 4.39 Å². The highest BCUT2D eigenvalue weighted by Gasteiger charge is 2.28. The third kappa shape index (κ3) is 3.88. The van der Waals surface area contributed by atoms with Crippen molar-refractivity contribution in [3.05, 3.63) is 34.6 Å². The third-order valence-electron chi connectivity index (χ3n) is 3.85. The molecule has 0 bridgehead atoms. The number of likely N-dealkylation sites (N-methyl/N-ethyl adjacent to an activating group) is 2. The molecule has 1 aliphatic heterocycles. The van der Waals surface area contributed by atoms with Crippen LogP contribution in [0, 0.1) is 5.82 Å². The van der Waals surface area contributed by atoms with Crippen molar-refractivity contribution in [1.29, 1.82) is 0 Å². The van der Waals surface area contributed by atoms with Crippen LogP contribution in [0.2, 0.25) is 5.02 Å². The summed E-state index contributed by atoms with van der Waals surface area (Å²) in [6.45, 7) is 4.12. The van der Waals surface area contributed by atoms with E-state index in [1.165, 1.54) is 11.8 Å². The fourth-order valence-electron chi connectivity index (χ4n) is 2.68. The first-order chi connectivity index (χ1) is 9.63. The van der Waals surface area contributed by atoms with Crippen molar-refractivity contribution in [2.45, 2.75) is 25.4 Å². The van der Waals surface area contributed by atoms with Crippen molar-refractivity contribution in [2.24, 2.45) is 0 Å². The average molecular weight is 317 g/mol. The molecule has 2 atom stereocenters. The number of hydrogen-bond donors (Lipinski definition) is 1. The van der Waals surface area contributed by atoms with Crippen LogP contribution in [0.3, 0.4) is 0 Å². The highest BCUT2D eigenvalue weighted by Crippen LogP contribution is 2.24. The summed E-state index contributed by atoms with van der Waals surface area (Å²) < 4.78 is 13.6. The Labute approximate surface area is 130 Å². The van der Waals surface area contributed by atoms with Crippen LogP contribution in [0.4, 0.5) is 4.39 Å². The molecule has 112 valence electrons. The van der Waals surface area contributed by atoms with Gasteiger partial charge in [-0.05, 0) is 31.6 Å². The van der Waals surface area contributed by atoms with Gasteiger partial charge in [-0.1, -0.05) is 30.7 Å². The molecule has 1 saturated heterocycles. The molecule has 1 heterocycles. The first-order valence-electron chi connectivity index (χ1n) is 7.07. The molecule has 2 nitrogen and oxygen atoms in total. The van der Waals surface area contributed by atoms with Crippen LogP contribution in [0.15, 0.2) is 18.2 Å². The zero-order valence-electron chi connectivity index (χ0n) is 12.0. The fourth-order valence-corrected chi connectivity index (χ4v) is 4.19. The second-order valence-corrected chi connectivity index (χ2v) is 6.73. The molecule has 1 aromatic carbocycles. The van der Waals surface area contributed by atoms with E-state index < -0.39 is 0 Å². The molecule has 5 heteroatoms. The number of halogens is 2. The number of nitrogens with zero attached hydrogens (tertiary/aromatic N) is 1. The summed E-state index contributed by atoms with van der Waals surface area (Å²) in [7, 11) is 2.17. The lowest BCUT2D eigenvalue weighted by Crippen LogP contribution is -2.53. The average Bonchev–Trinajstić information content (AvgIpc) is 2.44. The van der Waals surface area contributed by atoms with Crippen molar-refractivity contribution in [1.82, 2.24) is 10.2 Å². The second kappa shape index (κ2) is 7.64. The van der Waals surface area contributed by atoms with Crippen molar-refractivity contribution in [3.8, 4) is 0 Å². The summed E-state index contributed by atoms with van der Waals surface area (Å²) in [5, 5.41) is 3.81. The number of hydrogen-bond acceptors (Lipinski definition) is 3. The molecule has 1 N–H and O–H groups in total. The van der Waals surface area contributed by atoms with Gasteiger partial charge < -0.3 is 10.2 Å². The van der Waals surface area contributed by atoms with Crippen LogP contribution in [0.1, 0.15) is 12.5 Å². The highest BCUT2D eigenvalue weighted by atomic mass is 35.5. The summed E-state index contributed by atoms with van der Waals surface area (Å²) in [6.07, 6.45) is 0.764. The van der Waals surface area contributed by atoms with E-state index in [4.69, 9.17) is 11.6 Å². The number of rotatable bonds is 5. The van der Waals surface area contributed by atoms with E-state index >= 15 is 0 Å². The van der Waals surface area contributed by atoms with Crippen LogP contribution in [0.5, 0.6) is 0 Å². The predicted octanol–water partition coefficient (Wildman–Crippen LogP) is 3.05. The van der Waals surface area contributed by atoms with Crippen molar-refractivity contribution in [3.63, 3.8) is 0 Å². The Kier molecular flexibility index (Phi) is 6.15. The summed E-state index contributed by atoms with van der Waals surface area (Å²) in [5.41, 5.74) is 0.890. The highest BCUT2D eigenvalue weighted by molar-refractivity contribution is 7.99. The Morgan fingerprint density at radius 3 is 3.05 bits per heavy atom. The second-order valence-electron chi connectivity index (χ2n) is 5.20. The van der Waals surface area contributed by atoms with Gasteiger partial charge >= 0.3 is 0 Å². The maximum atomic E-state index is 13.6. The maximum absolute atomic E-state index is 13.6. The van der Waals surface area contributed by atoms with Crippen LogP contribution in [-0.4, -0.2) is 48.6 Å². The molecule has 0 amide bonds. The van der Waals surface area contributed by atoms with Gasteiger partial charge in [-0.2, -0.15) is 11.8 Å². The molecule has 1 aliphatic rings. The Morgan fingerprint density at radius 1 is 1.55 bits per heavy atom. The van der Waals surface area contributed by atoms with E-state index in [2.05, 4.69) is 24.2 Å². The van der Waals surface area contributed by atoms with Crippen molar-refractivity contribution in [2.75, 3.05) is 31.6 Å². The Balaban J connectivity index is 2.14. The minimum Gasteiger partial charge on any atom is -0.312 e. The van der Waals surface area contributed by atoms with Crippen molar-refractivity contribution >= 4 is 23.4 Å². The van der Waals surface area contributed by atoms with Gasteiger partial charge in [-0.3, -0.25) is 0 Å². The summed E-state index contributed by atoms with van der Waals surface area (Å²) in [6, 6.07) is 5.84. The molecule has 2 rings (SSSR count). The van der Waals surface area contributed by atoms with Crippen molar-refractivity contribution < 1.29 is 4.39 Å². The molecular weight excluding hydrogens is 295 g/mol. The lowest BCUT2D eigenvalue weighted by atomic mass is 9.99. The van der Waals surface area contributed by atoms with Crippen LogP contribution < -0.4 is 5.32 Å². The SMILES string of the molecule is CCNC(Cc1cccc(F)c1Cl)C1CSCCN1C. The van der Waals surface area contributed by atoms with Gasteiger partial charge in [-0.25, -0.2) is 4.39 Å². The maximum Gasteiger partial charge on any atom is 0.142 e. The normalized spacial score (nSPS) is 21.9. The third-order valence-corrected chi connectivity index (χ3v) is 5.32. The molecule has 1 fully saturated rings. The largest absolute Gasteiger partial charge is 0.312 e. The lowest BCUT2D eigenvalue weighted by molar-refractivity contribution is 0.215. The van der Waals surface area contributed by atoms with Crippen LogP contribution in [0.25, 0.3) is 0 Å². The predicted molar refractivity (Wildman–Crippen MR) is 86.3 cm³/mol. The smallest absolute Gasteiger partial charge is 0.142 e. The fraction of sp³-hybridized carbons (Fsp3) is 0.600. The zero-order chi connectivity index (χ0) is 14.5. The molecular formula is C15H22ClFN2S. The molecule has 1 aromatic rings. The first-order valence-corrected chi connectivity index (χ1v) is 8.61. The Hall–Kier alpha value is -0.290. The quantitative estimate of drug-likeness (QED) is 0.899. The van der Waals surface area contributed by atoms with Gasteiger partial charge in [0.15, 0.2) is 0 Å². The minimum atomic E-state index is -0.328. The topological polar surface area (TPSA) is 15.3 Å². The minimum absolute atomic E-state index is 0.265. The van der Waals surface area contributed by atoms with Gasteiger partial charge in [0.05, 0.1) is 5.02 Å².